The lowest BCUT2D eigenvalue weighted by Crippen LogP contribution is -2.68. The quantitative estimate of drug-likeness (QED) is 0.504. The molecule has 0 aromatic heterocycles. The number of nitrogens with two attached hydrogens (primary N) is 1. The summed E-state index contributed by atoms with van der Waals surface area (Å²) in [5, 5.41) is 3.98. The van der Waals surface area contributed by atoms with Gasteiger partial charge in [-0.05, 0) is 71.4 Å². The van der Waals surface area contributed by atoms with Crippen molar-refractivity contribution in [3.05, 3.63) is 58.1 Å². The van der Waals surface area contributed by atoms with E-state index < -0.39 is 45.9 Å². The molecule has 3 N–H and O–H groups in total. The summed E-state index contributed by atoms with van der Waals surface area (Å²) in [4.78, 5) is 28.1. The summed E-state index contributed by atoms with van der Waals surface area (Å²) in [6, 6.07) is 8.47. The molecule has 0 aliphatic carbocycles. The van der Waals surface area contributed by atoms with E-state index in [2.05, 4.69) is 26.1 Å². The van der Waals surface area contributed by atoms with Crippen LogP contribution >= 0.6 is 11.6 Å². The number of primary amides is 1. The average molecular weight is 591 g/mol. The lowest BCUT2D eigenvalue weighted by atomic mass is 9.88. The van der Waals surface area contributed by atoms with Crippen LogP contribution in [-0.4, -0.2) is 59.7 Å². The van der Waals surface area contributed by atoms with E-state index in [-0.39, 0.29) is 17.0 Å². The Kier molecular flexibility index (Phi) is 8.31. The fourth-order valence-electron chi connectivity index (χ4n) is 5.40. The SMILES string of the molecule is Cc1ccc(S(=O)(=O)N2CC(C)(C)N([C@@H]3CCOc4cc(CNC(C)(C)C)c(Cl)cc43)C(=O)C2CC(N)=O)cc1. The number of amides is 2. The standard InChI is InChI=1S/C29H39ClN4O5S/c1-18-7-9-20(10-8-18)40(37,38)33-17-29(5,6)34(27(36)24(33)15-26(31)35)23-11-12-39-25-13-19(16-32-28(2,3)4)22(30)14-21(23)25/h7-10,13-14,23-24,32H,11-12,15-17H2,1-6H3,(H2,31,35)/t23-,24?/m1/s1. The lowest BCUT2D eigenvalue weighted by Gasteiger charge is -2.53. The van der Waals surface area contributed by atoms with E-state index in [0.29, 0.717) is 30.3 Å². The summed E-state index contributed by atoms with van der Waals surface area (Å²) < 4.78 is 34.7. The topological polar surface area (TPSA) is 122 Å². The summed E-state index contributed by atoms with van der Waals surface area (Å²) >= 11 is 6.71. The first-order valence-corrected chi connectivity index (χ1v) is 15.2. The Labute approximate surface area is 242 Å². The normalized spacial score (nSPS) is 21.6. The van der Waals surface area contributed by atoms with Gasteiger partial charge in [0.15, 0.2) is 0 Å². The third-order valence-corrected chi connectivity index (χ3v) is 9.62. The van der Waals surface area contributed by atoms with Crippen LogP contribution in [0.4, 0.5) is 0 Å². The average Bonchev–Trinajstić information content (AvgIpc) is 2.84. The predicted molar refractivity (Wildman–Crippen MR) is 154 cm³/mol. The van der Waals surface area contributed by atoms with Crippen LogP contribution in [0, 0.1) is 6.92 Å². The van der Waals surface area contributed by atoms with Crippen molar-refractivity contribution in [2.75, 3.05) is 13.2 Å². The molecule has 2 amide bonds. The molecule has 0 saturated carbocycles. The Morgan fingerprint density at radius 2 is 1.85 bits per heavy atom. The lowest BCUT2D eigenvalue weighted by molar-refractivity contribution is -0.154. The first-order valence-electron chi connectivity index (χ1n) is 13.4. The summed E-state index contributed by atoms with van der Waals surface area (Å²) in [5.41, 5.74) is 7.06. The van der Waals surface area contributed by atoms with Crippen molar-refractivity contribution in [3.63, 3.8) is 0 Å². The molecular formula is C29H39ClN4O5S. The number of sulfonamides is 1. The highest BCUT2D eigenvalue weighted by molar-refractivity contribution is 7.89. The van der Waals surface area contributed by atoms with Crippen LogP contribution in [0.3, 0.4) is 0 Å². The van der Waals surface area contributed by atoms with Crippen molar-refractivity contribution in [1.82, 2.24) is 14.5 Å². The molecule has 0 radical (unpaired) electrons. The van der Waals surface area contributed by atoms with Crippen molar-refractivity contribution >= 4 is 33.4 Å². The minimum absolute atomic E-state index is 0.0130. The van der Waals surface area contributed by atoms with E-state index >= 15 is 0 Å². The molecule has 2 aromatic carbocycles. The van der Waals surface area contributed by atoms with E-state index in [1.54, 1.807) is 17.0 Å². The van der Waals surface area contributed by atoms with Crippen molar-refractivity contribution in [2.24, 2.45) is 5.73 Å². The minimum atomic E-state index is -4.10. The van der Waals surface area contributed by atoms with Crippen LogP contribution in [0.1, 0.15) is 70.2 Å². The predicted octanol–water partition coefficient (Wildman–Crippen LogP) is 3.92. The van der Waals surface area contributed by atoms with Crippen molar-refractivity contribution in [1.29, 1.82) is 0 Å². The number of fused-ring (bicyclic) bond motifs is 1. The molecule has 2 aliphatic heterocycles. The maximum Gasteiger partial charge on any atom is 0.243 e. The van der Waals surface area contributed by atoms with Crippen LogP contribution < -0.4 is 15.8 Å². The fourth-order valence-corrected chi connectivity index (χ4v) is 7.37. The smallest absolute Gasteiger partial charge is 0.243 e. The summed E-state index contributed by atoms with van der Waals surface area (Å²) in [6.45, 7) is 12.6. The van der Waals surface area contributed by atoms with Crippen LogP contribution in [0.2, 0.25) is 5.02 Å². The fraction of sp³-hybridized carbons (Fsp3) is 0.517. The molecule has 40 heavy (non-hydrogen) atoms. The van der Waals surface area contributed by atoms with E-state index in [4.69, 9.17) is 22.1 Å². The molecule has 1 unspecified atom stereocenters. The summed E-state index contributed by atoms with van der Waals surface area (Å²) in [5.74, 6) is -0.595. The third-order valence-electron chi connectivity index (χ3n) is 7.39. The molecule has 218 valence electrons. The van der Waals surface area contributed by atoms with Gasteiger partial charge in [0.05, 0.1) is 29.5 Å². The summed E-state index contributed by atoms with van der Waals surface area (Å²) in [6.07, 6.45) is 0.0663. The number of aryl methyl sites for hydroxylation is 1. The van der Waals surface area contributed by atoms with Gasteiger partial charge < -0.3 is 20.7 Å². The number of benzene rings is 2. The van der Waals surface area contributed by atoms with Gasteiger partial charge in [-0.3, -0.25) is 9.59 Å². The van der Waals surface area contributed by atoms with Crippen LogP contribution in [-0.2, 0) is 26.2 Å². The second-order valence-electron chi connectivity index (χ2n) is 12.3. The maximum absolute atomic E-state index is 14.2. The van der Waals surface area contributed by atoms with E-state index in [0.717, 1.165) is 21.0 Å². The van der Waals surface area contributed by atoms with Crippen LogP contribution in [0.15, 0.2) is 41.3 Å². The van der Waals surface area contributed by atoms with Crippen molar-refractivity contribution in [2.45, 2.75) is 89.0 Å². The number of nitrogens with one attached hydrogen (secondary N) is 1. The highest BCUT2D eigenvalue weighted by Gasteiger charge is 2.52. The second-order valence-corrected chi connectivity index (χ2v) is 14.6. The van der Waals surface area contributed by atoms with Crippen molar-refractivity contribution in [3.8, 4) is 5.75 Å². The van der Waals surface area contributed by atoms with Crippen LogP contribution in [0.5, 0.6) is 5.75 Å². The van der Waals surface area contributed by atoms with Gasteiger partial charge in [0.1, 0.15) is 11.8 Å². The van der Waals surface area contributed by atoms with Gasteiger partial charge in [-0.2, -0.15) is 4.31 Å². The molecule has 1 fully saturated rings. The minimum Gasteiger partial charge on any atom is -0.493 e. The number of carbonyl (C=O) groups is 2. The maximum atomic E-state index is 14.2. The Bertz CT molecular complexity index is 1400. The largest absolute Gasteiger partial charge is 0.493 e. The molecule has 4 rings (SSSR count). The van der Waals surface area contributed by atoms with Gasteiger partial charge in [-0.1, -0.05) is 29.3 Å². The Hall–Kier alpha value is -2.66. The monoisotopic (exact) mass is 590 g/mol. The number of nitrogens with zero attached hydrogens (tertiary/aromatic N) is 2. The van der Waals surface area contributed by atoms with Gasteiger partial charge >= 0.3 is 0 Å². The molecule has 2 heterocycles. The molecule has 1 saturated heterocycles. The second kappa shape index (κ2) is 11.0. The zero-order valence-corrected chi connectivity index (χ0v) is 25.5. The van der Waals surface area contributed by atoms with E-state index in [1.165, 1.54) is 12.1 Å². The number of carbonyl (C=O) groups excluding carboxylic acids is 2. The Morgan fingerprint density at radius 1 is 1.20 bits per heavy atom. The number of hydrogen-bond acceptors (Lipinski definition) is 6. The third kappa shape index (κ3) is 6.15. The highest BCUT2D eigenvalue weighted by atomic mass is 35.5. The first kappa shape index (κ1) is 30.3. The number of rotatable bonds is 7. The van der Waals surface area contributed by atoms with Crippen LogP contribution in [0.25, 0.3) is 0 Å². The molecule has 2 atom stereocenters. The Morgan fingerprint density at radius 3 is 2.45 bits per heavy atom. The van der Waals surface area contributed by atoms with Gasteiger partial charge in [0.2, 0.25) is 21.8 Å². The molecule has 0 bridgehead atoms. The zero-order chi connectivity index (χ0) is 29.6. The van der Waals surface area contributed by atoms with E-state index in [1.807, 2.05) is 32.9 Å². The summed E-state index contributed by atoms with van der Waals surface area (Å²) in [7, 11) is -4.10. The van der Waals surface area contributed by atoms with Gasteiger partial charge in [0, 0.05) is 35.6 Å². The van der Waals surface area contributed by atoms with Crippen molar-refractivity contribution < 1.29 is 22.7 Å². The Balaban J connectivity index is 1.73. The number of piperazine rings is 1. The first-order chi connectivity index (χ1) is 18.5. The molecule has 11 heteroatoms. The van der Waals surface area contributed by atoms with Gasteiger partial charge in [0.25, 0.3) is 0 Å². The molecule has 0 spiro atoms. The number of ether oxygens (including phenoxy) is 1. The number of halogens is 1. The van der Waals surface area contributed by atoms with E-state index in [9.17, 15) is 18.0 Å². The highest BCUT2D eigenvalue weighted by Crippen LogP contribution is 2.44. The number of hydrogen-bond donors (Lipinski definition) is 2. The molecule has 2 aliphatic rings. The van der Waals surface area contributed by atoms with Gasteiger partial charge in [-0.25, -0.2) is 8.42 Å². The molecule has 9 nitrogen and oxygen atoms in total. The molecule has 2 aromatic rings. The zero-order valence-electron chi connectivity index (χ0n) is 24.0. The molecular weight excluding hydrogens is 552 g/mol. The van der Waals surface area contributed by atoms with Gasteiger partial charge in [-0.15, -0.1) is 0 Å².